The SMILES string of the molecule is CCC1CN(c2cc(C(N)=S)c3ccccc3n2)CCO1. The van der Waals surface area contributed by atoms with Crippen LogP contribution in [0.2, 0.25) is 0 Å². The zero-order valence-corrected chi connectivity index (χ0v) is 12.9. The normalized spacial score (nSPS) is 18.9. The van der Waals surface area contributed by atoms with Crippen molar-refractivity contribution in [3.63, 3.8) is 0 Å². The van der Waals surface area contributed by atoms with Gasteiger partial charge in [-0.25, -0.2) is 4.98 Å². The molecule has 1 aromatic heterocycles. The van der Waals surface area contributed by atoms with Gasteiger partial charge in [-0.05, 0) is 18.6 Å². The minimum atomic E-state index is 0.264. The van der Waals surface area contributed by atoms with E-state index in [9.17, 15) is 0 Å². The zero-order chi connectivity index (χ0) is 14.8. The second-order valence-electron chi connectivity index (χ2n) is 5.26. The quantitative estimate of drug-likeness (QED) is 0.883. The molecule has 3 rings (SSSR count). The van der Waals surface area contributed by atoms with Gasteiger partial charge in [0.15, 0.2) is 0 Å². The van der Waals surface area contributed by atoms with E-state index < -0.39 is 0 Å². The van der Waals surface area contributed by atoms with Gasteiger partial charge in [0.2, 0.25) is 0 Å². The molecule has 1 unspecified atom stereocenters. The molecule has 21 heavy (non-hydrogen) atoms. The Morgan fingerprint density at radius 3 is 3.05 bits per heavy atom. The summed E-state index contributed by atoms with van der Waals surface area (Å²) in [6.07, 6.45) is 1.27. The number of anilines is 1. The van der Waals surface area contributed by atoms with Gasteiger partial charge in [-0.15, -0.1) is 0 Å². The highest BCUT2D eigenvalue weighted by atomic mass is 32.1. The fourth-order valence-corrected chi connectivity index (χ4v) is 2.87. The number of morpholine rings is 1. The van der Waals surface area contributed by atoms with Gasteiger partial charge in [-0.3, -0.25) is 0 Å². The Bertz CT molecular complexity index is 674. The molecule has 2 aromatic rings. The van der Waals surface area contributed by atoms with Gasteiger partial charge < -0.3 is 15.4 Å². The monoisotopic (exact) mass is 301 g/mol. The first-order valence-corrected chi connectivity index (χ1v) is 7.66. The third-order valence-corrected chi connectivity index (χ3v) is 4.11. The minimum Gasteiger partial charge on any atom is -0.389 e. The summed E-state index contributed by atoms with van der Waals surface area (Å²) in [5.41, 5.74) is 7.71. The lowest BCUT2D eigenvalue weighted by Crippen LogP contribution is -2.42. The van der Waals surface area contributed by atoms with Crippen LogP contribution < -0.4 is 10.6 Å². The van der Waals surface area contributed by atoms with Crippen LogP contribution in [0, 0.1) is 0 Å². The molecule has 110 valence electrons. The van der Waals surface area contributed by atoms with Crippen molar-refractivity contribution in [2.75, 3.05) is 24.6 Å². The Kier molecular flexibility index (Phi) is 4.03. The number of ether oxygens (including phenoxy) is 1. The van der Waals surface area contributed by atoms with Crippen LogP contribution in [0.4, 0.5) is 5.82 Å². The number of rotatable bonds is 3. The third kappa shape index (κ3) is 2.84. The van der Waals surface area contributed by atoms with Crippen LogP contribution in [0.15, 0.2) is 30.3 Å². The second kappa shape index (κ2) is 5.95. The van der Waals surface area contributed by atoms with Crippen molar-refractivity contribution >= 4 is 33.9 Å². The van der Waals surface area contributed by atoms with E-state index in [-0.39, 0.29) is 6.10 Å². The number of thiocarbonyl (C=S) groups is 1. The van der Waals surface area contributed by atoms with Gasteiger partial charge in [0.05, 0.1) is 18.2 Å². The summed E-state index contributed by atoms with van der Waals surface area (Å²) >= 11 is 5.20. The van der Waals surface area contributed by atoms with E-state index >= 15 is 0 Å². The number of hydrogen-bond donors (Lipinski definition) is 1. The first kappa shape index (κ1) is 14.2. The highest BCUT2D eigenvalue weighted by molar-refractivity contribution is 7.80. The fourth-order valence-electron chi connectivity index (χ4n) is 2.70. The van der Waals surface area contributed by atoms with E-state index in [1.807, 2.05) is 30.3 Å². The van der Waals surface area contributed by atoms with Crippen LogP contribution >= 0.6 is 12.2 Å². The van der Waals surface area contributed by atoms with E-state index in [1.54, 1.807) is 0 Å². The molecule has 1 aromatic carbocycles. The number of benzene rings is 1. The van der Waals surface area contributed by atoms with E-state index in [4.69, 9.17) is 27.7 Å². The summed E-state index contributed by atoms with van der Waals surface area (Å²) in [5.74, 6) is 0.929. The molecule has 1 fully saturated rings. The maximum Gasteiger partial charge on any atom is 0.130 e. The lowest BCUT2D eigenvalue weighted by molar-refractivity contribution is 0.0382. The first-order valence-electron chi connectivity index (χ1n) is 7.25. The highest BCUT2D eigenvalue weighted by Gasteiger charge is 2.21. The van der Waals surface area contributed by atoms with Crippen LogP contribution in [-0.4, -0.2) is 35.8 Å². The smallest absolute Gasteiger partial charge is 0.130 e. The maximum absolute atomic E-state index is 5.89. The molecule has 1 aliphatic heterocycles. The van der Waals surface area contributed by atoms with E-state index in [1.165, 1.54) is 0 Å². The Labute approximate surface area is 129 Å². The molecule has 1 saturated heterocycles. The molecule has 0 radical (unpaired) electrons. The number of fused-ring (bicyclic) bond motifs is 1. The first-order chi connectivity index (χ1) is 10.2. The van der Waals surface area contributed by atoms with Crippen LogP contribution in [0.25, 0.3) is 10.9 Å². The molecule has 1 aliphatic rings. The lowest BCUT2D eigenvalue weighted by Gasteiger charge is -2.33. The summed E-state index contributed by atoms with van der Waals surface area (Å²) in [6, 6.07) is 9.97. The van der Waals surface area contributed by atoms with E-state index in [0.29, 0.717) is 4.99 Å². The second-order valence-corrected chi connectivity index (χ2v) is 5.70. The Hall–Kier alpha value is -1.72. The molecule has 4 nitrogen and oxygen atoms in total. The van der Waals surface area contributed by atoms with Crippen LogP contribution in [0.1, 0.15) is 18.9 Å². The molecule has 2 heterocycles. The molecule has 0 saturated carbocycles. The molecular weight excluding hydrogens is 282 g/mol. The number of nitrogens with two attached hydrogens (primary N) is 1. The van der Waals surface area contributed by atoms with Crippen molar-refractivity contribution < 1.29 is 4.74 Å². The fraction of sp³-hybridized carbons (Fsp3) is 0.375. The molecule has 0 spiro atoms. The average Bonchev–Trinajstić information content (AvgIpc) is 2.53. The van der Waals surface area contributed by atoms with Crippen molar-refractivity contribution in [2.45, 2.75) is 19.4 Å². The number of hydrogen-bond acceptors (Lipinski definition) is 4. The van der Waals surface area contributed by atoms with E-state index in [2.05, 4.69) is 11.8 Å². The van der Waals surface area contributed by atoms with Gasteiger partial charge in [0, 0.05) is 24.0 Å². The predicted octanol–water partition coefficient (Wildman–Crippen LogP) is 2.48. The predicted molar refractivity (Wildman–Crippen MR) is 89.9 cm³/mol. The highest BCUT2D eigenvalue weighted by Crippen LogP contribution is 2.24. The Morgan fingerprint density at radius 1 is 1.48 bits per heavy atom. The van der Waals surface area contributed by atoms with Crippen molar-refractivity contribution in [3.8, 4) is 0 Å². The third-order valence-electron chi connectivity index (χ3n) is 3.89. The van der Waals surface area contributed by atoms with Crippen molar-refractivity contribution in [3.05, 3.63) is 35.9 Å². The molecule has 5 heteroatoms. The van der Waals surface area contributed by atoms with Gasteiger partial charge in [0.1, 0.15) is 10.8 Å². The number of nitrogens with zero attached hydrogens (tertiary/aromatic N) is 2. The van der Waals surface area contributed by atoms with Crippen LogP contribution in [-0.2, 0) is 4.74 Å². The maximum atomic E-state index is 5.89. The van der Waals surface area contributed by atoms with Crippen molar-refractivity contribution in [1.29, 1.82) is 0 Å². The number of para-hydroxylation sites is 1. The summed E-state index contributed by atoms with van der Waals surface area (Å²) in [4.78, 5) is 7.43. The zero-order valence-electron chi connectivity index (χ0n) is 12.1. The van der Waals surface area contributed by atoms with Crippen molar-refractivity contribution in [1.82, 2.24) is 4.98 Å². The summed E-state index contributed by atoms with van der Waals surface area (Å²) in [6.45, 7) is 4.58. The largest absolute Gasteiger partial charge is 0.389 e. The van der Waals surface area contributed by atoms with Crippen LogP contribution in [0.3, 0.4) is 0 Å². The van der Waals surface area contributed by atoms with Crippen LogP contribution in [0.5, 0.6) is 0 Å². The summed E-state index contributed by atoms with van der Waals surface area (Å²) in [7, 11) is 0. The van der Waals surface area contributed by atoms with Gasteiger partial charge in [-0.1, -0.05) is 37.3 Å². The summed E-state index contributed by atoms with van der Waals surface area (Å²) < 4.78 is 5.72. The topological polar surface area (TPSA) is 51.4 Å². The van der Waals surface area contributed by atoms with Crippen molar-refractivity contribution in [2.24, 2.45) is 5.73 Å². The Morgan fingerprint density at radius 2 is 2.29 bits per heavy atom. The molecule has 2 N–H and O–H groups in total. The van der Waals surface area contributed by atoms with Gasteiger partial charge >= 0.3 is 0 Å². The number of pyridine rings is 1. The standard InChI is InChI=1S/C16H19N3OS/c1-2-11-10-19(7-8-20-11)15-9-13(16(17)21)12-5-3-4-6-14(12)18-15/h3-6,9,11H,2,7-8,10H2,1H3,(H2,17,21). The number of aromatic nitrogens is 1. The summed E-state index contributed by atoms with van der Waals surface area (Å²) in [5, 5.41) is 1.01. The molecule has 1 atom stereocenters. The Balaban J connectivity index is 2.04. The van der Waals surface area contributed by atoms with Gasteiger partial charge in [-0.2, -0.15) is 0 Å². The molecule has 0 amide bonds. The minimum absolute atomic E-state index is 0.264. The lowest BCUT2D eigenvalue weighted by atomic mass is 10.1. The molecule has 0 aliphatic carbocycles. The average molecular weight is 301 g/mol. The molecular formula is C16H19N3OS. The van der Waals surface area contributed by atoms with Gasteiger partial charge in [0.25, 0.3) is 0 Å². The molecule has 0 bridgehead atoms. The van der Waals surface area contributed by atoms with E-state index in [0.717, 1.165) is 48.4 Å².